The van der Waals surface area contributed by atoms with E-state index in [1.165, 1.54) is 0 Å². The van der Waals surface area contributed by atoms with Gasteiger partial charge in [-0.05, 0) is 61.8 Å². The molecule has 0 atom stereocenters. The lowest BCUT2D eigenvalue weighted by Crippen LogP contribution is -2.19. The van der Waals surface area contributed by atoms with Crippen molar-refractivity contribution in [2.45, 2.75) is 57.7 Å². The van der Waals surface area contributed by atoms with E-state index < -0.39 is 6.67 Å². The number of unbranched alkanes of at least 4 members (excludes halogenated alkanes) is 1. The number of primary amides is 1. The average molecular weight is 398 g/mol. The number of rotatable bonds is 9. The van der Waals surface area contributed by atoms with Gasteiger partial charge in [0.15, 0.2) is 5.75 Å². The maximum Gasteiger partial charge on any atom is 0.290 e. The Morgan fingerprint density at radius 1 is 1.17 bits per heavy atom. The van der Waals surface area contributed by atoms with Gasteiger partial charge < -0.3 is 15.5 Å². The van der Waals surface area contributed by atoms with Crippen molar-refractivity contribution in [3.63, 3.8) is 0 Å². The number of halogens is 1. The topological polar surface area (TPSA) is 85.2 Å². The molecule has 6 heteroatoms. The molecule has 154 valence electrons. The van der Waals surface area contributed by atoms with Crippen molar-refractivity contribution in [2.24, 2.45) is 5.73 Å². The maximum atomic E-state index is 12.8. The number of nitrogens with one attached hydrogen (secondary N) is 1. The summed E-state index contributed by atoms with van der Waals surface area (Å²) in [5.74, 6) is -0.00410. The average Bonchev–Trinajstić information content (AvgIpc) is 3.23. The minimum absolute atomic E-state index is 0.110. The molecule has 0 spiro atoms. The number of pyridine rings is 1. The van der Waals surface area contributed by atoms with Crippen molar-refractivity contribution in [3.05, 3.63) is 69.6 Å². The number of hydrogen-bond acceptors (Lipinski definition) is 3. The Bertz CT molecular complexity index is 912. The van der Waals surface area contributed by atoms with E-state index in [9.17, 15) is 14.0 Å². The Morgan fingerprint density at radius 2 is 1.90 bits per heavy atom. The van der Waals surface area contributed by atoms with Crippen molar-refractivity contribution in [1.82, 2.24) is 4.98 Å². The molecule has 1 aromatic heterocycles. The molecule has 1 aromatic carbocycles. The van der Waals surface area contributed by atoms with Gasteiger partial charge in [0.05, 0.1) is 6.10 Å². The third-order valence-corrected chi connectivity index (χ3v) is 5.15. The van der Waals surface area contributed by atoms with Crippen LogP contribution in [0, 0.1) is 0 Å². The highest BCUT2D eigenvalue weighted by molar-refractivity contribution is 5.78. The molecule has 3 N–H and O–H groups in total. The predicted molar refractivity (Wildman–Crippen MR) is 111 cm³/mol. The van der Waals surface area contributed by atoms with Crippen LogP contribution in [-0.4, -0.2) is 17.0 Å². The molecule has 1 saturated carbocycles. The zero-order valence-corrected chi connectivity index (χ0v) is 16.5. The van der Waals surface area contributed by atoms with Crippen LogP contribution in [0.4, 0.5) is 4.39 Å². The minimum atomic E-state index is -0.526. The molecule has 1 heterocycles. The first kappa shape index (κ1) is 20.8. The van der Waals surface area contributed by atoms with Crippen molar-refractivity contribution in [2.75, 3.05) is 0 Å². The number of carbonyl (C=O) groups is 1. The Kier molecular flexibility index (Phi) is 7.22. The van der Waals surface area contributed by atoms with Crippen LogP contribution in [-0.2, 0) is 11.5 Å². The van der Waals surface area contributed by atoms with Gasteiger partial charge in [-0.1, -0.05) is 30.3 Å². The van der Waals surface area contributed by atoms with Gasteiger partial charge in [-0.15, -0.1) is 0 Å². The smallest absolute Gasteiger partial charge is 0.290 e. The second-order valence-electron chi connectivity index (χ2n) is 7.40. The first-order valence-corrected chi connectivity index (χ1v) is 10.1. The summed E-state index contributed by atoms with van der Waals surface area (Å²) in [6, 6.07) is 10.6. The van der Waals surface area contributed by atoms with Gasteiger partial charge >= 0.3 is 0 Å². The minimum Gasteiger partial charge on any atom is -0.485 e. The normalized spacial score (nSPS) is 14.9. The maximum absolute atomic E-state index is 12.8. The standard InChI is InChI=1S/C23H27FN2O3/c24-15-16-9-11-17(12-10-16)19(7-3-4-8-22(25)27)20-13-14-21(23(28)26-20)29-18-5-1-2-6-18/h7,9-14,18H,1-6,8,15H2,(H2,25,27)(H,26,28)/b19-7+. The van der Waals surface area contributed by atoms with E-state index in [0.29, 0.717) is 36.3 Å². The highest BCUT2D eigenvalue weighted by Crippen LogP contribution is 2.26. The quantitative estimate of drug-likeness (QED) is 0.619. The Balaban J connectivity index is 1.85. The van der Waals surface area contributed by atoms with Gasteiger partial charge in [-0.3, -0.25) is 9.59 Å². The summed E-state index contributed by atoms with van der Waals surface area (Å²) in [6.45, 7) is -0.526. The van der Waals surface area contributed by atoms with Gasteiger partial charge in [0.1, 0.15) is 6.67 Å². The lowest BCUT2D eigenvalue weighted by molar-refractivity contribution is -0.118. The third-order valence-electron chi connectivity index (χ3n) is 5.15. The van der Waals surface area contributed by atoms with E-state index in [-0.39, 0.29) is 17.6 Å². The van der Waals surface area contributed by atoms with Crippen LogP contribution in [0.25, 0.3) is 5.57 Å². The van der Waals surface area contributed by atoms with E-state index in [1.54, 1.807) is 18.2 Å². The number of alkyl halides is 1. The summed E-state index contributed by atoms with van der Waals surface area (Å²) in [5, 5.41) is 0. The number of allylic oxidation sites excluding steroid dienone is 1. The number of carbonyl (C=O) groups excluding carboxylic acids is 1. The predicted octanol–water partition coefficient (Wildman–Crippen LogP) is 4.25. The lowest BCUT2D eigenvalue weighted by Gasteiger charge is -2.14. The van der Waals surface area contributed by atoms with Crippen molar-refractivity contribution in [1.29, 1.82) is 0 Å². The molecule has 0 saturated heterocycles. The van der Waals surface area contributed by atoms with Crippen molar-refractivity contribution >= 4 is 11.5 Å². The van der Waals surface area contributed by atoms with E-state index in [4.69, 9.17) is 10.5 Å². The summed E-state index contributed by atoms with van der Waals surface area (Å²) >= 11 is 0. The van der Waals surface area contributed by atoms with Gasteiger partial charge in [-0.25, -0.2) is 4.39 Å². The summed E-state index contributed by atoms with van der Waals surface area (Å²) in [7, 11) is 0. The second kappa shape index (κ2) is 10.0. The fraction of sp³-hybridized carbons (Fsp3) is 0.391. The molecular weight excluding hydrogens is 371 g/mol. The largest absolute Gasteiger partial charge is 0.485 e. The van der Waals surface area contributed by atoms with E-state index >= 15 is 0 Å². The summed E-state index contributed by atoms with van der Waals surface area (Å²) in [4.78, 5) is 26.5. The zero-order chi connectivity index (χ0) is 20.6. The first-order valence-electron chi connectivity index (χ1n) is 10.1. The van der Waals surface area contributed by atoms with Crippen LogP contribution in [0.1, 0.15) is 61.8 Å². The molecule has 1 aliphatic carbocycles. The highest BCUT2D eigenvalue weighted by Gasteiger charge is 2.18. The summed E-state index contributed by atoms with van der Waals surface area (Å²) < 4.78 is 18.7. The SMILES string of the molecule is NC(=O)CCC/C=C(\c1ccc(CF)cc1)c1ccc(OC2CCCC2)c(=O)[nH]1. The molecule has 0 radical (unpaired) electrons. The van der Waals surface area contributed by atoms with Crippen LogP contribution >= 0.6 is 0 Å². The molecule has 1 amide bonds. The van der Waals surface area contributed by atoms with Crippen molar-refractivity contribution in [3.8, 4) is 5.75 Å². The number of hydrogen-bond donors (Lipinski definition) is 2. The third kappa shape index (κ3) is 5.79. The first-order chi connectivity index (χ1) is 14.1. The molecule has 0 aliphatic heterocycles. The Morgan fingerprint density at radius 3 is 2.52 bits per heavy atom. The van der Waals surface area contributed by atoms with Gasteiger partial charge in [-0.2, -0.15) is 0 Å². The second-order valence-corrected chi connectivity index (χ2v) is 7.40. The van der Waals surface area contributed by atoms with Gasteiger partial charge in [0, 0.05) is 17.7 Å². The number of H-pyrrole nitrogens is 1. The zero-order valence-electron chi connectivity index (χ0n) is 16.5. The number of nitrogens with two attached hydrogens (primary N) is 1. The molecule has 3 rings (SSSR count). The molecule has 2 aromatic rings. The van der Waals surface area contributed by atoms with E-state index in [0.717, 1.165) is 36.8 Å². The number of amides is 1. The van der Waals surface area contributed by atoms with Crippen molar-refractivity contribution < 1.29 is 13.9 Å². The summed E-state index contributed by atoms with van der Waals surface area (Å²) in [6.07, 6.45) is 7.85. The molecule has 0 bridgehead atoms. The molecule has 1 aliphatic rings. The number of benzene rings is 1. The molecule has 1 fully saturated rings. The molecule has 29 heavy (non-hydrogen) atoms. The monoisotopic (exact) mass is 398 g/mol. The van der Waals surface area contributed by atoms with Gasteiger partial charge in [0.25, 0.3) is 5.56 Å². The van der Waals surface area contributed by atoms with Crippen LogP contribution in [0.5, 0.6) is 5.75 Å². The molecular formula is C23H27FN2O3. The highest BCUT2D eigenvalue weighted by atomic mass is 19.1. The van der Waals surface area contributed by atoms with Crippen LogP contribution in [0.2, 0.25) is 0 Å². The van der Waals surface area contributed by atoms with E-state index in [2.05, 4.69) is 4.98 Å². The van der Waals surface area contributed by atoms with Gasteiger partial charge in [0.2, 0.25) is 5.91 Å². The van der Waals surface area contributed by atoms with Crippen LogP contribution < -0.4 is 16.0 Å². The lowest BCUT2D eigenvalue weighted by atomic mass is 9.99. The fourth-order valence-corrected chi connectivity index (χ4v) is 3.58. The Hall–Kier alpha value is -2.89. The number of aromatic nitrogens is 1. The Labute approximate surface area is 169 Å². The number of aromatic amines is 1. The number of ether oxygens (including phenoxy) is 1. The van der Waals surface area contributed by atoms with Crippen LogP contribution in [0.15, 0.2) is 47.3 Å². The van der Waals surface area contributed by atoms with E-state index in [1.807, 2.05) is 24.3 Å². The van der Waals surface area contributed by atoms with Crippen LogP contribution in [0.3, 0.4) is 0 Å². The molecule has 5 nitrogen and oxygen atoms in total. The summed E-state index contributed by atoms with van der Waals surface area (Å²) in [5.41, 5.74) is 7.88. The molecule has 0 unspecified atom stereocenters. The fourth-order valence-electron chi connectivity index (χ4n) is 3.58.